The number of thioether (sulfide) groups is 1. The third-order valence-electron chi connectivity index (χ3n) is 23.6. The van der Waals surface area contributed by atoms with Gasteiger partial charge in [-0.2, -0.15) is 0 Å². The number of aromatic hydroxyl groups is 2. The molecule has 2 aliphatic heterocycles. The van der Waals surface area contributed by atoms with Crippen LogP contribution in [0.3, 0.4) is 0 Å². The molecule has 34 nitrogen and oxygen atoms in total. The van der Waals surface area contributed by atoms with Crippen molar-refractivity contribution < 1.29 is 87.2 Å². The molecule has 0 saturated carbocycles. The van der Waals surface area contributed by atoms with E-state index in [0.29, 0.717) is 82.7 Å². The molecule has 2 unspecified atom stereocenters. The number of primary amides is 1. The van der Waals surface area contributed by atoms with Crippen LogP contribution in [0.2, 0.25) is 0 Å². The molecule has 13 atom stereocenters. The number of hydrogen-bond acceptors (Lipinski definition) is 20. The van der Waals surface area contributed by atoms with E-state index in [4.69, 9.17) is 11.5 Å². The Morgan fingerprint density at radius 1 is 0.504 bits per heavy atom. The molecule has 0 aliphatic carbocycles. The second-order valence-electron chi connectivity index (χ2n) is 33.8. The Labute approximate surface area is 767 Å². The Balaban J connectivity index is 0.952. The van der Waals surface area contributed by atoms with E-state index in [1.54, 1.807) is 136 Å². The molecule has 0 bridgehead atoms. The number of para-hydroxylation sites is 1. The summed E-state index contributed by atoms with van der Waals surface area (Å²) in [4.78, 5) is 227. The van der Waals surface area contributed by atoms with Gasteiger partial charge in [-0.05, 0) is 121 Å². The number of H-pyrrole nitrogens is 1. The number of likely N-dealkylation sites (tertiary alicyclic amines) is 2. The maximum atomic E-state index is 15.6. The number of benzene rings is 6. The van der Waals surface area contributed by atoms with E-state index < -0.39 is 180 Å². The number of piperidine rings is 1. The molecule has 35 heteroatoms. The van der Waals surface area contributed by atoms with Gasteiger partial charge in [-0.3, -0.25) is 67.1 Å². The predicted molar refractivity (Wildman–Crippen MR) is 493 cm³/mol. The van der Waals surface area contributed by atoms with Gasteiger partial charge in [-0.1, -0.05) is 174 Å². The van der Waals surface area contributed by atoms with Gasteiger partial charge in [-0.25, -0.2) is 0 Å². The number of phenolic OH excluding ortho intramolecular Hbond substituents is 2. The van der Waals surface area contributed by atoms with Crippen LogP contribution in [0.5, 0.6) is 11.5 Å². The van der Waals surface area contributed by atoms with Gasteiger partial charge in [0.15, 0.2) is 0 Å². The van der Waals surface area contributed by atoms with Crippen molar-refractivity contribution in [3.8, 4) is 11.5 Å². The molecular weight excluding hydrogens is 1700 g/mol. The second-order valence-corrected chi connectivity index (χ2v) is 34.9. The first-order valence-corrected chi connectivity index (χ1v) is 45.7. The second kappa shape index (κ2) is 50.2. The van der Waals surface area contributed by atoms with Gasteiger partial charge in [-0.15, -0.1) is 11.8 Å². The number of aliphatic hydroxyl groups excluding tert-OH is 1. The van der Waals surface area contributed by atoms with E-state index in [1.165, 1.54) is 82.0 Å². The average Bonchev–Trinajstić information content (AvgIpc) is 1.66. The Hall–Kier alpha value is -13.0. The number of unbranched alkanes of at least 4 members (excludes halogenated alkanes) is 1. The first-order valence-electron chi connectivity index (χ1n) is 44.5. The number of hydrogen-bond donors (Lipinski definition) is 14. The summed E-state index contributed by atoms with van der Waals surface area (Å²) in [6.45, 7) is 6.05. The summed E-state index contributed by atoms with van der Waals surface area (Å²) in [6.07, 6.45) is 4.59. The van der Waals surface area contributed by atoms with Crippen LogP contribution in [0.4, 0.5) is 0 Å². The number of likely N-dealkylation sites (N-methyl/N-ethyl adjacent to an activating group) is 3. The van der Waals surface area contributed by atoms with Crippen LogP contribution in [-0.4, -0.2) is 271 Å². The number of amides is 14. The standard InChI is InChI=1S/C96H124N16O18S/c1-8-10-33-80(96(130)112-45-24-35-79(112)89(123)101-66(55-113)56-114)108(5)95(129)82(51-62-29-18-13-19-30-62)110(7)93(127)75(48-60-25-14-11-15-26-60)102-84(118)58-131-57-77(85(119)100-54-83(98)117)107-86(120)72(46-59(3)4)103-87(121)73(47-63-36-40-67(115)41-37-63)104-88(122)74(52-65-53-99-71-32-21-20-31-69(65)71)105-90(124)78-34-22-23-44-111(78)94(128)76(49-64-38-42-68(116)43-39-64)106-91(125)81(50-61-27-16-12-17-28-61)109(6)92(126)70(97)9-2/h11-21,25-32,36-43,53,55,59,66,70,72-82,99,114-116H,8-10,22-24,33-35,44-52,54,56-58,97H2,1-7H3,(H2,98,117)(H,100,119)(H,101,123)(H,102,118)(H,103,121)(H,104,122)(H,105,124)(H,106,125)(H,107,120)/t66-,70+,72+,73+,74+,75+,76+,77+,78-,79-,80+,81?,82?/m1/s1. The fraction of sp³-hybridized carbons (Fsp3) is 0.448. The first kappa shape index (κ1) is 102. The molecule has 9 rings (SSSR count). The number of nitrogens with one attached hydrogen (secondary N) is 9. The van der Waals surface area contributed by atoms with Gasteiger partial charge in [0.2, 0.25) is 82.7 Å². The summed E-state index contributed by atoms with van der Waals surface area (Å²) in [7, 11) is 4.35. The SMILES string of the molecule is CCCC[C@@H](C(=O)N1CCC[C@@H]1C(=O)N[C@H](C=O)CO)N(C)C(=O)C(Cc1ccccc1)N(C)C(=O)[C@H](Cc1ccccc1)NC(=O)CSC[C@H](NC(=O)[C@H](CC(C)C)NC(=O)[C@H](Cc1ccc(O)cc1)NC(=O)[C@H](Cc1c[nH]c2ccccc12)NC(=O)[C@H]1CCCCN1C(=O)[C@H](Cc1ccc(O)cc1)NC(=O)C(Cc1ccccc1)N(C)C(=O)[C@@H](N)CC)C(=O)NCC(N)=O. The highest BCUT2D eigenvalue weighted by Gasteiger charge is 2.45. The van der Waals surface area contributed by atoms with Crippen molar-refractivity contribution in [1.82, 2.24) is 72.0 Å². The minimum Gasteiger partial charge on any atom is -0.508 e. The zero-order chi connectivity index (χ0) is 95.0. The molecule has 0 spiro atoms. The summed E-state index contributed by atoms with van der Waals surface area (Å²) in [5, 5.41) is 53.1. The fourth-order valence-electron chi connectivity index (χ4n) is 16.3. The molecular formula is C96H124N16O18S. The molecule has 7 aromatic rings. The molecule has 16 N–H and O–H groups in total. The monoisotopic (exact) mass is 1820 g/mol. The largest absolute Gasteiger partial charge is 0.508 e. The van der Waals surface area contributed by atoms with Gasteiger partial charge in [0, 0.05) is 95.6 Å². The number of rotatable bonds is 48. The number of aldehydes is 1. The minimum atomic E-state index is -1.57. The molecule has 2 fully saturated rings. The number of nitrogens with two attached hydrogens (primary N) is 2. The van der Waals surface area contributed by atoms with Crippen molar-refractivity contribution in [2.24, 2.45) is 17.4 Å². The number of aromatic nitrogens is 1. The molecule has 2 saturated heterocycles. The van der Waals surface area contributed by atoms with E-state index in [-0.39, 0.29) is 107 Å². The third-order valence-corrected chi connectivity index (χ3v) is 24.7. The van der Waals surface area contributed by atoms with Gasteiger partial charge in [0.25, 0.3) is 0 Å². The Kier molecular flexibility index (Phi) is 39.0. The van der Waals surface area contributed by atoms with E-state index in [9.17, 15) is 53.7 Å². The zero-order valence-electron chi connectivity index (χ0n) is 75.1. The third kappa shape index (κ3) is 29.5. The quantitative estimate of drug-likeness (QED) is 0.0244. The van der Waals surface area contributed by atoms with Crippen LogP contribution in [0.25, 0.3) is 10.9 Å². The van der Waals surface area contributed by atoms with E-state index in [1.807, 2.05) is 25.1 Å². The number of carbonyl (C=O) groups excluding carboxylic acids is 15. The molecule has 0 radical (unpaired) electrons. The summed E-state index contributed by atoms with van der Waals surface area (Å²) < 4.78 is 0. The van der Waals surface area contributed by atoms with Crippen molar-refractivity contribution in [2.45, 2.75) is 209 Å². The Morgan fingerprint density at radius 2 is 0.985 bits per heavy atom. The first-order chi connectivity index (χ1) is 62.8. The summed E-state index contributed by atoms with van der Waals surface area (Å²) >= 11 is 0.851. The molecule has 14 amide bonds. The van der Waals surface area contributed by atoms with Crippen molar-refractivity contribution in [3.05, 3.63) is 203 Å². The molecule has 131 heavy (non-hydrogen) atoms. The molecule has 702 valence electrons. The Morgan fingerprint density at radius 3 is 1.56 bits per heavy atom. The molecule has 1 aromatic heterocycles. The van der Waals surface area contributed by atoms with Crippen molar-refractivity contribution in [2.75, 3.05) is 58.9 Å². The molecule has 2 aliphatic rings. The Bertz CT molecular complexity index is 5050. The van der Waals surface area contributed by atoms with Crippen molar-refractivity contribution in [1.29, 1.82) is 0 Å². The summed E-state index contributed by atoms with van der Waals surface area (Å²) in [5.74, 6) is -11.8. The number of fused-ring (bicyclic) bond motifs is 1. The highest BCUT2D eigenvalue weighted by atomic mass is 32.2. The average molecular weight is 1820 g/mol. The highest BCUT2D eigenvalue weighted by molar-refractivity contribution is 8.00. The van der Waals surface area contributed by atoms with Crippen LogP contribution >= 0.6 is 11.8 Å². The maximum absolute atomic E-state index is 15.6. The minimum absolute atomic E-state index is 0.0354. The topological polar surface area (TPSA) is 497 Å². The van der Waals surface area contributed by atoms with E-state index in [2.05, 4.69) is 47.5 Å². The van der Waals surface area contributed by atoms with Gasteiger partial charge in [0.05, 0.1) is 24.9 Å². The predicted octanol–water partition coefficient (Wildman–Crippen LogP) is 3.08. The van der Waals surface area contributed by atoms with Crippen LogP contribution in [0.15, 0.2) is 170 Å². The van der Waals surface area contributed by atoms with E-state index >= 15 is 33.6 Å². The highest BCUT2D eigenvalue weighted by Crippen LogP contribution is 2.28. The van der Waals surface area contributed by atoms with Crippen molar-refractivity contribution in [3.63, 3.8) is 0 Å². The maximum Gasteiger partial charge on any atom is 0.246 e. The molecule has 3 heterocycles. The lowest BCUT2D eigenvalue weighted by Crippen LogP contribution is -2.62. The normalized spacial score (nSPS) is 16.2. The molecule has 6 aromatic carbocycles. The fourth-order valence-corrected chi connectivity index (χ4v) is 17.1. The van der Waals surface area contributed by atoms with Crippen molar-refractivity contribution >= 4 is 112 Å². The van der Waals surface area contributed by atoms with Gasteiger partial charge in [0.1, 0.15) is 90.3 Å². The van der Waals surface area contributed by atoms with Crippen LogP contribution in [0.1, 0.15) is 125 Å². The summed E-state index contributed by atoms with van der Waals surface area (Å²) in [5.41, 5.74) is 15.9. The number of phenols is 2. The van der Waals surface area contributed by atoms with Gasteiger partial charge < -0.3 is 104 Å². The number of aromatic amines is 1. The van der Waals surface area contributed by atoms with Crippen LogP contribution in [0, 0.1) is 5.92 Å². The van der Waals surface area contributed by atoms with E-state index in [0.717, 1.165) is 11.8 Å². The number of carbonyl (C=O) groups is 15. The van der Waals surface area contributed by atoms with Gasteiger partial charge >= 0.3 is 0 Å². The lowest BCUT2D eigenvalue weighted by molar-refractivity contribution is -0.152. The van der Waals surface area contributed by atoms with Crippen LogP contribution in [-0.2, 0) is 110 Å². The smallest absolute Gasteiger partial charge is 0.246 e. The number of nitrogens with zero attached hydrogens (tertiary/aromatic N) is 5. The lowest BCUT2D eigenvalue weighted by Gasteiger charge is -2.38. The lowest BCUT2D eigenvalue weighted by atomic mass is 9.96. The summed E-state index contributed by atoms with van der Waals surface area (Å²) in [6, 6.07) is 28.8. The number of aliphatic hydroxyl groups is 1. The van der Waals surface area contributed by atoms with Crippen LogP contribution < -0.4 is 54.0 Å². The zero-order valence-corrected chi connectivity index (χ0v) is 76.0.